The summed E-state index contributed by atoms with van der Waals surface area (Å²) in [5.41, 5.74) is 3.18. The first-order chi connectivity index (χ1) is 8.75. The van der Waals surface area contributed by atoms with E-state index in [1.54, 1.807) is 0 Å². The zero-order valence-electron chi connectivity index (χ0n) is 10.2. The molecule has 18 heavy (non-hydrogen) atoms. The van der Waals surface area contributed by atoms with Crippen molar-refractivity contribution in [3.8, 4) is 5.88 Å². The van der Waals surface area contributed by atoms with Gasteiger partial charge in [-0.2, -0.15) is 0 Å². The summed E-state index contributed by atoms with van der Waals surface area (Å²) in [7, 11) is 0. The Hall–Kier alpha value is -2.29. The van der Waals surface area contributed by atoms with Crippen LogP contribution < -0.4 is 0 Å². The minimum atomic E-state index is 0.110. The van der Waals surface area contributed by atoms with Crippen molar-refractivity contribution in [2.75, 3.05) is 0 Å². The van der Waals surface area contributed by atoms with E-state index in [0.717, 1.165) is 16.5 Å². The van der Waals surface area contributed by atoms with Crippen LogP contribution in [-0.4, -0.2) is 14.9 Å². The standard InChI is InChI=1S/C15H14N2O/c1-11-6-5-9-13-14(11)15(18)16-17(13)10-12-7-3-2-4-8-12/h2-9H,10H2,1H3,(H,16,18). The third-order valence-electron chi connectivity index (χ3n) is 3.14. The van der Waals surface area contributed by atoms with Gasteiger partial charge >= 0.3 is 0 Å². The van der Waals surface area contributed by atoms with Gasteiger partial charge in [-0.05, 0) is 24.1 Å². The summed E-state index contributed by atoms with van der Waals surface area (Å²) < 4.78 is 1.84. The molecular formula is C15H14N2O. The summed E-state index contributed by atoms with van der Waals surface area (Å²) in [5, 5.41) is 15.0. The second-order valence-corrected chi connectivity index (χ2v) is 4.44. The van der Waals surface area contributed by atoms with Crippen LogP contribution in [0.15, 0.2) is 48.5 Å². The normalized spacial score (nSPS) is 10.9. The SMILES string of the molecule is Cc1cccc2c1c(O)nn2Cc1ccccc1. The highest BCUT2D eigenvalue weighted by Crippen LogP contribution is 2.27. The molecule has 1 aromatic heterocycles. The van der Waals surface area contributed by atoms with Gasteiger partial charge < -0.3 is 5.11 Å². The molecule has 0 saturated carbocycles. The van der Waals surface area contributed by atoms with Crippen molar-refractivity contribution in [3.63, 3.8) is 0 Å². The van der Waals surface area contributed by atoms with Gasteiger partial charge in [0.2, 0.25) is 5.88 Å². The molecule has 0 spiro atoms. The number of aromatic nitrogens is 2. The minimum Gasteiger partial charge on any atom is -0.492 e. The van der Waals surface area contributed by atoms with Crippen molar-refractivity contribution in [2.24, 2.45) is 0 Å². The van der Waals surface area contributed by atoms with Crippen LogP contribution in [0.4, 0.5) is 0 Å². The van der Waals surface area contributed by atoms with E-state index in [0.29, 0.717) is 6.54 Å². The highest BCUT2D eigenvalue weighted by Gasteiger charge is 2.11. The number of hydrogen-bond acceptors (Lipinski definition) is 2. The predicted molar refractivity (Wildman–Crippen MR) is 71.7 cm³/mol. The Bertz CT molecular complexity index is 686. The smallest absolute Gasteiger partial charge is 0.238 e. The first kappa shape index (κ1) is 10.8. The van der Waals surface area contributed by atoms with Gasteiger partial charge in [0, 0.05) is 0 Å². The summed E-state index contributed by atoms with van der Waals surface area (Å²) in [6.07, 6.45) is 0. The molecule has 1 heterocycles. The van der Waals surface area contributed by atoms with Crippen molar-refractivity contribution in [3.05, 3.63) is 59.7 Å². The van der Waals surface area contributed by atoms with E-state index in [-0.39, 0.29) is 5.88 Å². The highest BCUT2D eigenvalue weighted by molar-refractivity contribution is 5.87. The van der Waals surface area contributed by atoms with E-state index in [4.69, 9.17) is 0 Å². The molecule has 3 aromatic rings. The van der Waals surface area contributed by atoms with Crippen molar-refractivity contribution in [1.82, 2.24) is 9.78 Å². The van der Waals surface area contributed by atoms with Crippen molar-refractivity contribution >= 4 is 10.9 Å². The Labute approximate surface area is 105 Å². The van der Waals surface area contributed by atoms with Crippen LogP contribution >= 0.6 is 0 Å². The fraction of sp³-hybridized carbons (Fsp3) is 0.133. The van der Waals surface area contributed by atoms with E-state index in [2.05, 4.69) is 17.2 Å². The van der Waals surface area contributed by atoms with Crippen molar-refractivity contribution in [2.45, 2.75) is 13.5 Å². The van der Waals surface area contributed by atoms with Gasteiger partial charge in [0.1, 0.15) is 0 Å². The van der Waals surface area contributed by atoms with Crippen LogP contribution in [-0.2, 0) is 6.54 Å². The van der Waals surface area contributed by atoms with E-state index < -0.39 is 0 Å². The van der Waals surface area contributed by atoms with Crippen LogP contribution in [0.25, 0.3) is 10.9 Å². The summed E-state index contributed by atoms with van der Waals surface area (Å²) in [6, 6.07) is 16.1. The van der Waals surface area contributed by atoms with Crippen molar-refractivity contribution < 1.29 is 5.11 Å². The Balaban J connectivity index is 2.11. The molecule has 0 atom stereocenters. The molecule has 0 amide bonds. The molecule has 0 saturated heterocycles. The lowest BCUT2D eigenvalue weighted by molar-refractivity contribution is 0.446. The number of benzene rings is 2. The minimum absolute atomic E-state index is 0.110. The molecule has 0 fully saturated rings. The molecular weight excluding hydrogens is 224 g/mol. The first-order valence-corrected chi connectivity index (χ1v) is 5.95. The molecule has 0 bridgehead atoms. The summed E-state index contributed by atoms with van der Waals surface area (Å²) in [6.45, 7) is 2.65. The highest BCUT2D eigenvalue weighted by atomic mass is 16.3. The predicted octanol–water partition coefficient (Wildman–Crippen LogP) is 3.10. The lowest BCUT2D eigenvalue weighted by Gasteiger charge is -2.03. The van der Waals surface area contributed by atoms with Crippen LogP contribution in [0.3, 0.4) is 0 Å². The number of rotatable bonds is 2. The van der Waals surface area contributed by atoms with Gasteiger partial charge in [-0.15, -0.1) is 5.10 Å². The van der Waals surface area contributed by atoms with Gasteiger partial charge in [-0.1, -0.05) is 42.5 Å². The summed E-state index contributed by atoms with van der Waals surface area (Å²) in [5.74, 6) is 0.110. The van der Waals surface area contributed by atoms with E-state index in [9.17, 15) is 5.11 Å². The third-order valence-corrected chi connectivity index (χ3v) is 3.14. The summed E-state index contributed by atoms with van der Waals surface area (Å²) in [4.78, 5) is 0. The van der Waals surface area contributed by atoms with Gasteiger partial charge in [-0.25, -0.2) is 0 Å². The zero-order chi connectivity index (χ0) is 12.5. The maximum Gasteiger partial charge on any atom is 0.238 e. The third kappa shape index (κ3) is 1.74. The Morgan fingerprint density at radius 1 is 1.06 bits per heavy atom. The molecule has 0 aliphatic rings. The molecule has 3 rings (SSSR count). The number of nitrogens with zero attached hydrogens (tertiary/aromatic N) is 2. The van der Waals surface area contributed by atoms with Crippen LogP contribution in [0.2, 0.25) is 0 Å². The van der Waals surface area contributed by atoms with Crippen LogP contribution in [0, 0.1) is 6.92 Å². The van der Waals surface area contributed by atoms with E-state index in [1.165, 1.54) is 5.56 Å². The van der Waals surface area contributed by atoms with Gasteiger partial charge in [0.05, 0.1) is 17.4 Å². The summed E-state index contributed by atoms with van der Waals surface area (Å²) >= 11 is 0. The average Bonchev–Trinajstić information content (AvgIpc) is 2.69. The van der Waals surface area contributed by atoms with E-state index in [1.807, 2.05) is 48.0 Å². The monoisotopic (exact) mass is 238 g/mol. The number of aryl methyl sites for hydroxylation is 1. The number of hydrogen-bond donors (Lipinski definition) is 1. The largest absolute Gasteiger partial charge is 0.492 e. The molecule has 2 aromatic carbocycles. The second kappa shape index (κ2) is 4.18. The Morgan fingerprint density at radius 2 is 1.83 bits per heavy atom. The molecule has 0 unspecified atom stereocenters. The van der Waals surface area contributed by atoms with Gasteiger partial charge in [0.25, 0.3) is 0 Å². The topological polar surface area (TPSA) is 38.1 Å². The van der Waals surface area contributed by atoms with Gasteiger partial charge in [-0.3, -0.25) is 4.68 Å². The maximum absolute atomic E-state index is 9.92. The van der Waals surface area contributed by atoms with Gasteiger partial charge in [0.15, 0.2) is 0 Å². The van der Waals surface area contributed by atoms with Crippen LogP contribution in [0.5, 0.6) is 5.88 Å². The Kier molecular flexibility index (Phi) is 2.52. The molecule has 1 N–H and O–H groups in total. The number of fused-ring (bicyclic) bond motifs is 1. The Morgan fingerprint density at radius 3 is 2.61 bits per heavy atom. The van der Waals surface area contributed by atoms with E-state index >= 15 is 0 Å². The zero-order valence-corrected chi connectivity index (χ0v) is 10.2. The maximum atomic E-state index is 9.92. The van der Waals surface area contributed by atoms with Crippen LogP contribution in [0.1, 0.15) is 11.1 Å². The molecule has 0 aliphatic carbocycles. The first-order valence-electron chi connectivity index (χ1n) is 5.95. The molecule has 3 heteroatoms. The fourth-order valence-electron chi connectivity index (χ4n) is 2.25. The molecule has 0 radical (unpaired) electrons. The lowest BCUT2D eigenvalue weighted by Crippen LogP contribution is -2.00. The molecule has 90 valence electrons. The molecule has 3 nitrogen and oxygen atoms in total. The second-order valence-electron chi connectivity index (χ2n) is 4.44. The van der Waals surface area contributed by atoms with Crippen molar-refractivity contribution in [1.29, 1.82) is 0 Å². The lowest BCUT2D eigenvalue weighted by atomic mass is 10.1. The number of aromatic hydroxyl groups is 1. The fourth-order valence-corrected chi connectivity index (χ4v) is 2.25. The average molecular weight is 238 g/mol. The molecule has 0 aliphatic heterocycles. The quantitative estimate of drug-likeness (QED) is 0.745.